The van der Waals surface area contributed by atoms with Gasteiger partial charge in [0.1, 0.15) is 5.65 Å². The lowest BCUT2D eigenvalue weighted by Gasteiger charge is -1.98. The first kappa shape index (κ1) is 11.6. The fourth-order valence-corrected chi connectivity index (χ4v) is 1.65. The quantitative estimate of drug-likeness (QED) is 0.762. The molecule has 2 aromatic rings. The van der Waals surface area contributed by atoms with Crippen molar-refractivity contribution in [2.45, 2.75) is 19.9 Å². The minimum Gasteiger partial charge on any atom is -0.481 e. The highest BCUT2D eigenvalue weighted by molar-refractivity contribution is 5.66. The Morgan fingerprint density at radius 2 is 2.29 bits per heavy atom. The fraction of sp³-hybridized carbons (Fsp3) is 0.333. The van der Waals surface area contributed by atoms with Crippen molar-refractivity contribution in [3.05, 3.63) is 35.8 Å². The van der Waals surface area contributed by atoms with Gasteiger partial charge in [0.15, 0.2) is 0 Å². The highest BCUT2D eigenvalue weighted by atomic mass is 16.4. The average Bonchev–Trinajstić information content (AvgIpc) is 2.66. The van der Waals surface area contributed by atoms with Crippen molar-refractivity contribution in [1.82, 2.24) is 14.7 Å². The van der Waals surface area contributed by atoms with E-state index in [-0.39, 0.29) is 6.42 Å². The average molecular weight is 233 g/mol. The second kappa shape index (κ2) is 4.97. The minimum absolute atomic E-state index is 0.131. The van der Waals surface area contributed by atoms with E-state index in [2.05, 4.69) is 10.3 Å². The molecule has 2 heterocycles. The van der Waals surface area contributed by atoms with Crippen LogP contribution in [0.3, 0.4) is 0 Å². The van der Waals surface area contributed by atoms with Gasteiger partial charge in [0.05, 0.1) is 12.1 Å². The van der Waals surface area contributed by atoms with Crippen molar-refractivity contribution in [3.8, 4) is 0 Å². The Hall–Kier alpha value is -1.88. The molecule has 17 heavy (non-hydrogen) atoms. The molecule has 0 spiro atoms. The number of nitrogens with zero attached hydrogens (tertiary/aromatic N) is 2. The normalized spacial score (nSPS) is 10.9. The molecule has 0 radical (unpaired) electrons. The van der Waals surface area contributed by atoms with Gasteiger partial charge in [0.2, 0.25) is 0 Å². The lowest BCUT2D eigenvalue weighted by molar-refractivity contribution is -0.136. The first-order valence-corrected chi connectivity index (χ1v) is 5.52. The summed E-state index contributed by atoms with van der Waals surface area (Å²) in [6.45, 7) is 3.08. The molecule has 5 heteroatoms. The second-order valence-corrected chi connectivity index (χ2v) is 4.02. The number of rotatable bonds is 5. The lowest BCUT2D eigenvalue weighted by Crippen LogP contribution is -2.17. The Morgan fingerprint density at radius 1 is 1.47 bits per heavy atom. The predicted octanol–water partition coefficient (Wildman–Crippen LogP) is 1.21. The molecule has 0 atom stereocenters. The fourth-order valence-electron chi connectivity index (χ4n) is 1.65. The van der Waals surface area contributed by atoms with Crippen molar-refractivity contribution >= 4 is 11.6 Å². The van der Waals surface area contributed by atoms with E-state index in [1.165, 1.54) is 5.56 Å². The SMILES string of the molecule is Cc1ccc2nc(CNCCC(=O)O)cn2c1. The summed E-state index contributed by atoms with van der Waals surface area (Å²) in [4.78, 5) is 14.8. The maximum absolute atomic E-state index is 10.3. The number of pyridine rings is 1. The highest BCUT2D eigenvalue weighted by Gasteiger charge is 2.01. The molecular weight excluding hydrogens is 218 g/mol. The molecule has 5 nitrogen and oxygen atoms in total. The molecule has 0 unspecified atom stereocenters. The van der Waals surface area contributed by atoms with E-state index in [4.69, 9.17) is 5.11 Å². The van der Waals surface area contributed by atoms with Gasteiger partial charge < -0.3 is 14.8 Å². The zero-order valence-electron chi connectivity index (χ0n) is 9.68. The van der Waals surface area contributed by atoms with E-state index in [1.807, 2.05) is 35.9 Å². The van der Waals surface area contributed by atoms with Crippen LogP contribution in [0.1, 0.15) is 17.7 Å². The van der Waals surface area contributed by atoms with Crippen molar-refractivity contribution in [2.75, 3.05) is 6.54 Å². The van der Waals surface area contributed by atoms with Gasteiger partial charge in [-0.2, -0.15) is 0 Å². The summed E-state index contributed by atoms with van der Waals surface area (Å²) < 4.78 is 1.98. The van der Waals surface area contributed by atoms with E-state index < -0.39 is 5.97 Å². The summed E-state index contributed by atoms with van der Waals surface area (Å²) in [5, 5.41) is 11.5. The lowest BCUT2D eigenvalue weighted by atomic mass is 10.3. The molecule has 2 N–H and O–H groups in total. The van der Waals surface area contributed by atoms with Gasteiger partial charge in [0, 0.05) is 25.5 Å². The number of imidazole rings is 1. The molecule has 0 aliphatic carbocycles. The van der Waals surface area contributed by atoms with Crippen molar-refractivity contribution in [3.63, 3.8) is 0 Å². The van der Waals surface area contributed by atoms with Crippen LogP contribution in [-0.4, -0.2) is 27.0 Å². The van der Waals surface area contributed by atoms with E-state index in [0.717, 1.165) is 11.3 Å². The Morgan fingerprint density at radius 3 is 3.06 bits per heavy atom. The van der Waals surface area contributed by atoms with Gasteiger partial charge >= 0.3 is 5.97 Å². The first-order chi connectivity index (χ1) is 8.15. The number of aromatic nitrogens is 2. The second-order valence-electron chi connectivity index (χ2n) is 4.02. The van der Waals surface area contributed by atoms with E-state index in [9.17, 15) is 4.79 Å². The molecule has 0 fully saturated rings. The number of aliphatic carboxylic acids is 1. The standard InChI is InChI=1S/C12H15N3O2/c1-9-2-3-11-14-10(8-15(11)7-9)6-13-5-4-12(16)17/h2-3,7-8,13H,4-6H2,1H3,(H,16,17). The van der Waals surface area contributed by atoms with Gasteiger partial charge in [-0.15, -0.1) is 0 Å². The number of fused-ring (bicyclic) bond motifs is 1. The minimum atomic E-state index is -0.789. The Kier molecular flexibility index (Phi) is 3.39. The molecule has 0 aliphatic heterocycles. The van der Waals surface area contributed by atoms with Gasteiger partial charge in [-0.3, -0.25) is 4.79 Å². The monoisotopic (exact) mass is 233 g/mol. The largest absolute Gasteiger partial charge is 0.481 e. The topological polar surface area (TPSA) is 66.6 Å². The smallest absolute Gasteiger partial charge is 0.304 e. The summed E-state index contributed by atoms with van der Waals surface area (Å²) in [6, 6.07) is 3.99. The zero-order valence-corrected chi connectivity index (χ0v) is 9.68. The number of carbonyl (C=O) groups is 1. The molecular formula is C12H15N3O2. The summed E-state index contributed by atoms with van der Waals surface area (Å²) in [5.41, 5.74) is 3.01. The van der Waals surface area contributed by atoms with Crippen molar-refractivity contribution < 1.29 is 9.90 Å². The summed E-state index contributed by atoms with van der Waals surface area (Å²) >= 11 is 0. The van der Waals surface area contributed by atoms with Crippen LogP contribution in [-0.2, 0) is 11.3 Å². The van der Waals surface area contributed by atoms with Crippen molar-refractivity contribution in [2.24, 2.45) is 0 Å². The number of nitrogens with one attached hydrogen (secondary N) is 1. The Labute approximate surface area is 99.1 Å². The summed E-state index contributed by atoms with van der Waals surface area (Å²) in [7, 11) is 0. The first-order valence-electron chi connectivity index (χ1n) is 5.52. The summed E-state index contributed by atoms with van der Waals surface area (Å²) in [6.07, 6.45) is 4.10. The van der Waals surface area contributed by atoms with Crippen LogP contribution in [0.5, 0.6) is 0 Å². The van der Waals surface area contributed by atoms with E-state index >= 15 is 0 Å². The van der Waals surface area contributed by atoms with E-state index in [0.29, 0.717) is 13.1 Å². The molecule has 90 valence electrons. The van der Waals surface area contributed by atoms with Crippen molar-refractivity contribution in [1.29, 1.82) is 0 Å². The molecule has 2 aromatic heterocycles. The molecule has 0 saturated carbocycles. The van der Waals surface area contributed by atoms with Crippen LogP contribution in [0.4, 0.5) is 0 Å². The molecule has 0 saturated heterocycles. The van der Waals surface area contributed by atoms with Crippen LogP contribution in [0.25, 0.3) is 5.65 Å². The van der Waals surface area contributed by atoms with Gasteiger partial charge in [0.25, 0.3) is 0 Å². The Balaban J connectivity index is 1.97. The van der Waals surface area contributed by atoms with Gasteiger partial charge in [-0.1, -0.05) is 6.07 Å². The molecule has 0 aliphatic rings. The third-order valence-corrected chi connectivity index (χ3v) is 2.47. The number of hydrogen-bond donors (Lipinski definition) is 2. The molecule has 0 aromatic carbocycles. The van der Waals surface area contributed by atoms with Gasteiger partial charge in [-0.05, 0) is 18.6 Å². The van der Waals surface area contributed by atoms with Crippen LogP contribution >= 0.6 is 0 Å². The molecule has 0 bridgehead atoms. The number of hydrogen-bond acceptors (Lipinski definition) is 3. The Bertz CT molecular complexity index is 534. The number of carboxylic acid groups (broad SMARTS) is 1. The van der Waals surface area contributed by atoms with Crippen LogP contribution in [0.2, 0.25) is 0 Å². The molecule has 2 rings (SSSR count). The maximum Gasteiger partial charge on any atom is 0.304 e. The number of aryl methyl sites for hydroxylation is 1. The third kappa shape index (κ3) is 3.04. The maximum atomic E-state index is 10.3. The van der Waals surface area contributed by atoms with Gasteiger partial charge in [-0.25, -0.2) is 4.98 Å². The van der Waals surface area contributed by atoms with Crippen LogP contribution < -0.4 is 5.32 Å². The predicted molar refractivity (Wildman–Crippen MR) is 63.9 cm³/mol. The van der Waals surface area contributed by atoms with Crippen LogP contribution in [0, 0.1) is 6.92 Å². The third-order valence-electron chi connectivity index (χ3n) is 2.47. The summed E-state index contributed by atoms with van der Waals surface area (Å²) in [5.74, 6) is -0.789. The highest BCUT2D eigenvalue weighted by Crippen LogP contribution is 2.06. The van der Waals surface area contributed by atoms with Crippen LogP contribution in [0.15, 0.2) is 24.5 Å². The van der Waals surface area contributed by atoms with E-state index in [1.54, 1.807) is 0 Å². The zero-order chi connectivity index (χ0) is 12.3. The number of carboxylic acids is 1. The molecule has 0 amide bonds.